The molecule has 1 saturated heterocycles. The summed E-state index contributed by atoms with van der Waals surface area (Å²) in [6, 6.07) is 8.33. The van der Waals surface area contributed by atoms with Crippen LogP contribution in [0, 0.1) is 0 Å². The minimum atomic E-state index is 0. The van der Waals surface area contributed by atoms with Crippen LogP contribution in [0.5, 0.6) is 5.75 Å². The molecule has 0 atom stereocenters. The molecule has 1 heterocycles. The summed E-state index contributed by atoms with van der Waals surface area (Å²) in [5, 5.41) is 0. The van der Waals surface area contributed by atoms with Crippen molar-refractivity contribution in [3.8, 4) is 5.75 Å². The predicted octanol–water partition coefficient (Wildman–Crippen LogP) is 3.11. The van der Waals surface area contributed by atoms with Crippen molar-refractivity contribution in [3.05, 3.63) is 24.3 Å². The van der Waals surface area contributed by atoms with Crippen molar-refractivity contribution in [2.45, 2.75) is 19.3 Å². The zero-order chi connectivity index (χ0) is 9.80. The van der Waals surface area contributed by atoms with Gasteiger partial charge < -0.3 is 9.64 Å². The number of hydrogen-bond acceptors (Lipinski definition) is 2. The Hall–Kier alpha value is -0.890. The molecule has 0 N–H and O–H groups in total. The van der Waals surface area contributed by atoms with Crippen molar-refractivity contribution in [2.24, 2.45) is 0 Å². The third kappa shape index (κ3) is 3.03. The summed E-state index contributed by atoms with van der Waals surface area (Å²) < 4.78 is 5.22. The van der Waals surface area contributed by atoms with Crippen molar-refractivity contribution >= 4 is 18.1 Å². The quantitative estimate of drug-likeness (QED) is 0.770. The maximum atomic E-state index is 5.22. The smallest absolute Gasteiger partial charge is 0.120 e. The average molecular weight is 228 g/mol. The second kappa shape index (κ2) is 5.86. The van der Waals surface area contributed by atoms with Crippen LogP contribution in [0.15, 0.2) is 24.3 Å². The fourth-order valence-corrected chi connectivity index (χ4v) is 1.96. The first kappa shape index (κ1) is 12.2. The Morgan fingerprint density at radius 1 is 1.13 bits per heavy atom. The van der Waals surface area contributed by atoms with Gasteiger partial charge in [-0.15, -0.1) is 12.4 Å². The van der Waals surface area contributed by atoms with Gasteiger partial charge in [-0.05, 0) is 31.4 Å². The highest BCUT2D eigenvalue weighted by atomic mass is 35.5. The van der Waals surface area contributed by atoms with E-state index in [4.69, 9.17) is 4.74 Å². The fourth-order valence-electron chi connectivity index (χ4n) is 1.96. The zero-order valence-corrected chi connectivity index (χ0v) is 9.93. The maximum Gasteiger partial charge on any atom is 0.120 e. The van der Waals surface area contributed by atoms with Crippen molar-refractivity contribution in [3.63, 3.8) is 0 Å². The highest BCUT2D eigenvalue weighted by molar-refractivity contribution is 5.85. The van der Waals surface area contributed by atoms with Gasteiger partial charge in [0.05, 0.1) is 7.11 Å². The molecule has 84 valence electrons. The van der Waals surface area contributed by atoms with Crippen LogP contribution in [0.25, 0.3) is 0 Å². The predicted molar refractivity (Wildman–Crippen MR) is 66.3 cm³/mol. The minimum Gasteiger partial charge on any atom is -0.497 e. The van der Waals surface area contributed by atoms with Gasteiger partial charge in [0, 0.05) is 24.8 Å². The van der Waals surface area contributed by atoms with Crippen LogP contribution < -0.4 is 9.64 Å². The molecule has 2 nitrogen and oxygen atoms in total. The molecule has 0 aliphatic carbocycles. The number of anilines is 1. The lowest BCUT2D eigenvalue weighted by Crippen LogP contribution is -2.29. The van der Waals surface area contributed by atoms with Crippen molar-refractivity contribution in [2.75, 3.05) is 25.1 Å². The van der Waals surface area contributed by atoms with E-state index in [1.54, 1.807) is 7.11 Å². The molecule has 0 aromatic heterocycles. The fraction of sp³-hybridized carbons (Fsp3) is 0.500. The summed E-state index contributed by atoms with van der Waals surface area (Å²) in [7, 11) is 1.72. The molecule has 0 spiro atoms. The largest absolute Gasteiger partial charge is 0.497 e. The number of methoxy groups -OCH3 is 1. The molecule has 15 heavy (non-hydrogen) atoms. The molecule has 0 saturated carbocycles. The summed E-state index contributed by atoms with van der Waals surface area (Å²) in [4.78, 5) is 2.44. The second-order valence-electron chi connectivity index (χ2n) is 3.75. The lowest BCUT2D eigenvalue weighted by Gasteiger charge is -2.28. The first-order valence-electron chi connectivity index (χ1n) is 5.29. The number of ether oxygens (including phenoxy) is 1. The molecule has 1 aliphatic heterocycles. The average Bonchev–Trinajstić information content (AvgIpc) is 2.30. The Kier molecular flexibility index (Phi) is 4.76. The first-order valence-corrected chi connectivity index (χ1v) is 5.29. The van der Waals surface area contributed by atoms with Gasteiger partial charge in [-0.1, -0.05) is 6.07 Å². The lowest BCUT2D eigenvalue weighted by molar-refractivity contribution is 0.414. The Morgan fingerprint density at radius 2 is 1.87 bits per heavy atom. The molecule has 0 bridgehead atoms. The molecule has 0 amide bonds. The van der Waals surface area contributed by atoms with Gasteiger partial charge in [0.1, 0.15) is 5.75 Å². The standard InChI is InChI=1S/C12H17NO.ClH/c1-14-12-7-5-6-11(10-12)13-8-3-2-4-9-13;/h5-7,10H,2-4,8-9H2,1H3;1H. The normalized spacial score (nSPS) is 15.7. The summed E-state index contributed by atoms with van der Waals surface area (Å²) in [6.07, 6.45) is 4.01. The van der Waals surface area contributed by atoms with Crippen LogP contribution in [0.4, 0.5) is 5.69 Å². The molecular formula is C12H18ClNO. The van der Waals surface area contributed by atoms with Gasteiger partial charge in [-0.2, -0.15) is 0 Å². The Labute approximate surface area is 97.6 Å². The molecule has 1 fully saturated rings. The zero-order valence-electron chi connectivity index (χ0n) is 9.11. The highest BCUT2D eigenvalue weighted by Crippen LogP contribution is 2.23. The molecule has 0 unspecified atom stereocenters. The van der Waals surface area contributed by atoms with E-state index in [9.17, 15) is 0 Å². The van der Waals surface area contributed by atoms with Crippen molar-refractivity contribution in [1.29, 1.82) is 0 Å². The van der Waals surface area contributed by atoms with E-state index in [-0.39, 0.29) is 12.4 Å². The van der Waals surface area contributed by atoms with Crippen LogP contribution in [0.2, 0.25) is 0 Å². The maximum absolute atomic E-state index is 5.22. The van der Waals surface area contributed by atoms with E-state index in [1.165, 1.54) is 38.0 Å². The van der Waals surface area contributed by atoms with Crippen LogP contribution in [0.1, 0.15) is 19.3 Å². The van der Waals surface area contributed by atoms with Crippen LogP contribution in [-0.2, 0) is 0 Å². The lowest BCUT2D eigenvalue weighted by atomic mass is 10.1. The number of piperidine rings is 1. The topological polar surface area (TPSA) is 12.5 Å². The van der Waals surface area contributed by atoms with Crippen LogP contribution >= 0.6 is 12.4 Å². The van der Waals surface area contributed by atoms with Gasteiger partial charge in [0.15, 0.2) is 0 Å². The summed E-state index contributed by atoms with van der Waals surface area (Å²) >= 11 is 0. The number of rotatable bonds is 2. The third-order valence-electron chi connectivity index (χ3n) is 2.77. The van der Waals surface area contributed by atoms with Gasteiger partial charge in [0.25, 0.3) is 0 Å². The summed E-state index contributed by atoms with van der Waals surface area (Å²) in [6.45, 7) is 2.38. The Balaban J connectivity index is 0.00000112. The van der Waals surface area contributed by atoms with E-state index in [2.05, 4.69) is 23.1 Å². The van der Waals surface area contributed by atoms with E-state index in [0.717, 1.165) is 5.75 Å². The molecule has 1 aromatic rings. The summed E-state index contributed by atoms with van der Waals surface area (Å²) in [5.74, 6) is 0.952. The van der Waals surface area contributed by atoms with Crippen molar-refractivity contribution < 1.29 is 4.74 Å². The number of benzene rings is 1. The highest BCUT2D eigenvalue weighted by Gasteiger charge is 2.10. The number of nitrogens with zero attached hydrogens (tertiary/aromatic N) is 1. The number of hydrogen-bond donors (Lipinski definition) is 0. The SMILES string of the molecule is COc1cccc(N2CCCCC2)c1.Cl. The monoisotopic (exact) mass is 227 g/mol. The molecule has 1 aliphatic rings. The second-order valence-corrected chi connectivity index (χ2v) is 3.75. The Bertz CT molecular complexity index is 297. The Morgan fingerprint density at radius 3 is 2.53 bits per heavy atom. The van der Waals surface area contributed by atoms with Gasteiger partial charge in [-0.3, -0.25) is 0 Å². The van der Waals surface area contributed by atoms with E-state index in [1.807, 2.05) is 6.07 Å². The van der Waals surface area contributed by atoms with Crippen molar-refractivity contribution in [1.82, 2.24) is 0 Å². The molecule has 0 radical (unpaired) electrons. The number of halogens is 1. The molecule has 2 rings (SSSR count). The van der Waals surface area contributed by atoms with E-state index >= 15 is 0 Å². The van der Waals surface area contributed by atoms with Gasteiger partial charge in [0.2, 0.25) is 0 Å². The summed E-state index contributed by atoms with van der Waals surface area (Å²) in [5.41, 5.74) is 1.30. The molecule has 3 heteroatoms. The van der Waals surface area contributed by atoms with Gasteiger partial charge >= 0.3 is 0 Å². The first-order chi connectivity index (χ1) is 6.90. The van der Waals surface area contributed by atoms with E-state index < -0.39 is 0 Å². The van der Waals surface area contributed by atoms with Crippen LogP contribution in [0.3, 0.4) is 0 Å². The minimum absolute atomic E-state index is 0. The van der Waals surface area contributed by atoms with Gasteiger partial charge in [-0.25, -0.2) is 0 Å². The molecule has 1 aromatic carbocycles. The van der Waals surface area contributed by atoms with E-state index in [0.29, 0.717) is 0 Å². The van der Waals surface area contributed by atoms with Crippen LogP contribution in [-0.4, -0.2) is 20.2 Å². The third-order valence-corrected chi connectivity index (χ3v) is 2.77. The molecular weight excluding hydrogens is 210 g/mol.